The number of hydrogen-bond donors (Lipinski definition) is 1. The second-order valence-electron chi connectivity index (χ2n) is 9.06. The Balaban J connectivity index is 2.07. The summed E-state index contributed by atoms with van der Waals surface area (Å²) in [5.41, 5.74) is -1.25. The molecular formula is C20H30O3. The lowest BCUT2D eigenvalue weighted by atomic mass is 9.46. The lowest BCUT2D eigenvalue weighted by Gasteiger charge is -2.63. The maximum Gasteiger partial charge on any atom is 0.202 e. The summed E-state index contributed by atoms with van der Waals surface area (Å²) in [7, 11) is 0. The minimum atomic E-state index is -0.520. The van der Waals surface area contributed by atoms with E-state index in [0.717, 1.165) is 25.7 Å². The van der Waals surface area contributed by atoms with Crippen LogP contribution in [0.2, 0.25) is 0 Å². The van der Waals surface area contributed by atoms with Gasteiger partial charge in [0.15, 0.2) is 5.76 Å². The first-order valence-corrected chi connectivity index (χ1v) is 8.79. The SMILES string of the molecule is C=C[C@@]1(C)CC[C@H]2[C@]3(C)C=C(O)C(=O)C(C)(C)[C@H]3CC[C@]2(C)O1. The topological polar surface area (TPSA) is 46.5 Å². The van der Waals surface area contributed by atoms with Gasteiger partial charge in [-0.05, 0) is 62.9 Å². The number of carbonyl (C=O) groups excluding carboxylic acids is 1. The molecule has 1 N–H and O–H groups in total. The first-order chi connectivity index (χ1) is 10.5. The van der Waals surface area contributed by atoms with Gasteiger partial charge in [-0.3, -0.25) is 4.79 Å². The minimum absolute atomic E-state index is 0.0601. The third kappa shape index (κ3) is 2.15. The predicted molar refractivity (Wildman–Crippen MR) is 91.1 cm³/mol. The summed E-state index contributed by atoms with van der Waals surface area (Å²) in [5, 5.41) is 10.3. The van der Waals surface area contributed by atoms with Gasteiger partial charge in [-0.2, -0.15) is 0 Å². The number of hydrogen-bond acceptors (Lipinski definition) is 3. The number of aliphatic hydroxyl groups is 1. The molecule has 1 saturated heterocycles. The Kier molecular flexibility index (Phi) is 3.44. The molecule has 0 unspecified atom stereocenters. The molecule has 3 aliphatic rings. The monoisotopic (exact) mass is 318 g/mol. The van der Waals surface area contributed by atoms with Crippen LogP contribution in [-0.4, -0.2) is 22.1 Å². The Morgan fingerprint density at radius 1 is 1.17 bits per heavy atom. The average Bonchev–Trinajstić information content (AvgIpc) is 2.43. The number of carbonyl (C=O) groups is 1. The van der Waals surface area contributed by atoms with Crippen LogP contribution in [0.5, 0.6) is 0 Å². The van der Waals surface area contributed by atoms with Crippen LogP contribution in [0.25, 0.3) is 0 Å². The van der Waals surface area contributed by atoms with Gasteiger partial charge in [0.05, 0.1) is 11.2 Å². The molecule has 0 spiro atoms. The van der Waals surface area contributed by atoms with E-state index in [9.17, 15) is 9.90 Å². The molecule has 2 aliphatic carbocycles. The van der Waals surface area contributed by atoms with Crippen molar-refractivity contribution in [2.75, 3.05) is 0 Å². The molecule has 0 aromatic rings. The number of Topliss-reactive ketones (excluding diaryl/α,β-unsaturated/α-hetero) is 1. The average molecular weight is 318 g/mol. The summed E-state index contributed by atoms with van der Waals surface area (Å²) in [4.78, 5) is 12.5. The third-order valence-corrected chi connectivity index (χ3v) is 7.13. The first kappa shape index (κ1) is 16.8. The van der Waals surface area contributed by atoms with Crippen LogP contribution in [0.1, 0.15) is 60.3 Å². The Morgan fingerprint density at radius 2 is 1.78 bits per heavy atom. The van der Waals surface area contributed by atoms with Crippen LogP contribution < -0.4 is 0 Å². The normalized spacial score (nSPS) is 48.9. The highest BCUT2D eigenvalue weighted by Crippen LogP contribution is 2.63. The van der Waals surface area contributed by atoms with Crippen molar-refractivity contribution in [2.45, 2.75) is 71.5 Å². The van der Waals surface area contributed by atoms with E-state index in [1.54, 1.807) is 0 Å². The van der Waals surface area contributed by atoms with E-state index in [0.29, 0.717) is 5.92 Å². The Bertz CT molecular complexity index is 590. The molecule has 0 radical (unpaired) electrons. The number of ether oxygens (including phenoxy) is 1. The lowest BCUT2D eigenvalue weighted by Crippen LogP contribution is -2.63. The van der Waals surface area contributed by atoms with Gasteiger partial charge in [-0.1, -0.05) is 26.8 Å². The molecule has 1 saturated carbocycles. The largest absolute Gasteiger partial charge is 0.505 e. The van der Waals surface area contributed by atoms with Gasteiger partial charge in [0.25, 0.3) is 0 Å². The molecule has 128 valence electrons. The highest BCUT2D eigenvalue weighted by atomic mass is 16.5. The van der Waals surface area contributed by atoms with Crippen molar-refractivity contribution in [1.29, 1.82) is 0 Å². The summed E-state index contributed by atoms with van der Waals surface area (Å²) in [6, 6.07) is 0. The molecule has 0 aromatic heterocycles. The summed E-state index contributed by atoms with van der Waals surface area (Å²) in [6.07, 6.45) is 7.62. The maximum absolute atomic E-state index is 12.5. The number of aliphatic hydroxyl groups excluding tert-OH is 1. The number of rotatable bonds is 1. The van der Waals surface area contributed by atoms with Gasteiger partial charge in [-0.15, -0.1) is 6.58 Å². The molecule has 3 heteroatoms. The number of allylic oxidation sites excluding steroid dienone is 2. The van der Waals surface area contributed by atoms with E-state index >= 15 is 0 Å². The van der Waals surface area contributed by atoms with Gasteiger partial charge in [-0.25, -0.2) is 0 Å². The van der Waals surface area contributed by atoms with Crippen molar-refractivity contribution in [3.8, 4) is 0 Å². The smallest absolute Gasteiger partial charge is 0.202 e. The van der Waals surface area contributed by atoms with Crippen molar-refractivity contribution < 1.29 is 14.6 Å². The van der Waals surface area contributed by atoms with Crippen molar-refractivity contribution in [3.05, 3.63) is 24.5 Å². The van der Waals surface area contributed by atoms with Gasteiger partial charge in [0, 0.05) is 5.41 Å². The van der Waals surface area contributed by atoms with Crippen molar-refractivity contribution in [1.82, 2.24) is 0 Å². The first-order valence-electron chi connectivity index (χ1n) is 8.79. The van der Waals surface area contributed by atoms with E-state index in [1.807, 2.05) is 26.0 Å². The van der Waals surface area contributed by atoms with Gasteiger partial charge in [0.2, 0.25) is 5.78 Å². The fourth-order valence-corrected chi connectivity index (χ4v) is 5.90. The van der Waals surface area contributed by atoms with E-state index in [2.05, 4.69) is 27.4 Å². The van der Waals surface area contributed by atoms with E-state index < -0.39 is 5.41 Å². The van der Waals surface area contributed by atoms with Crippen LogP contribution in [0.3, 0.4) is 0 Å². The van der Waals surface area contributed by atoms with E-state index in [1.165, 1.54) is 0 Å². The van der Waals surface area contributed by atoms with Gasteiger partial charge >= 0.3 is 0 Å². The highest BCUT2D eigenvalue weighted by Gasteiger charge is 2.63. The predicted octanol–water partition coefficient (Wildman–Crippen LogP) is 4.58. The molecule has 0 aromatic carbocycles. The second kappa shape index (κ2) is 4.72. The van der Waals surface area contributed by atoms with Crippen LogP contribution in [0.4, 0.5) is 0 Å². The maximum atomic E-state index is 12.5. The summed E-state index contributed by atoms with van der Waals surface area (Å²) in [5.74, 6) is 0.371. The number of ketones is 1. The molecule has 2 fully saturated rings. The summed E-state index contributed by atoms with van der Waals surface area (Å²) in [6.45, 7) is 14.4. The second-order valence-corrected chi connectivity index (χ2v) is 9.06. The van der Waals surface area contributed by atoms with Crippen LogP contribution in [-0.2, 0) is 9.53 Å². The quantitative estimate of drug-likeness (QED) is 0.720. The van der Waals surface area contributed by atoms with Crippen molar-refractivity contribution in [2.24, 2.45) is 22.7 Å². The lowest BCUT2D eigenvalue weighted by molar-refractivity contribution is -0.236. The molecular weight excluding hydrogens is 288 g/mol. The Morgan fingerprint density at radius 3 is 2.39 bits per heavy atom. The zero-order chi connectivity index (χ0) is 17.3. The summed E-state index contributed by atoms with van der Waals surface area (Å²) < 4.78 is 6.55. The highest BCUT2D eigenvalue weighted by molar-refractivity contribution is 5.98. The van der Waals surface area contributed by atoms with Gasteiger partial charge < -0.3 is 9.84 Å². The molecule has 5 atom stereocenters. The standard InChI is InChI=1S/C20H30O3/c1-7-18(4)10-8-15-19(5)12-13(21)16(22)17(2,3)14(19)9-11-20(15,6)23-18/h7,12,14-15,21H,1,8-11H2,2-6H3/t14-,15+,18+,19-,20+/m1/s1. The van der Waals surface area contributed by atoms with Crippen LogP contribution in [0.15, 0.2) is 24.5 Å². The zero-order valence-corrected chi connectivity index (χ0v) is 15.1. The summed E-state index contributed by atoms with van der Waals surface area (Å²) >= 11 is 0. The molecule has 0 bridgehead atoms. The molecule has 23 heavy (non-hydrogen) atoms. The Hall–Kier alpha value is -1.09. The molecule has 1 aliphatic heterocycles. The third-order valence-electron chi connectivity index (χ3n) is 7.13. The van der Waals surface area contributed by atoms with E-state index in [4.69, 9.17) is 4.74 Å². The molecule has 1 heterocycles. The van der Waals surface area contributed by atoms with Gasteiger partial charge in [0.1, 0.15) is 0 Å². The van der Waals surface area contributed by atoms with E-state index in [-0.39, 0.29) is 34.1 Å². The number of fused-ring (bicyclic) bond motifs is 3. The van der Waals surface area contributed by atoms with Crippen molar-refractivity contribution >= 4 is 5.78 Å². The zero-order valence-electron chi connectivity index (χ0n) is 15.1. The molecule has 3 rings (SSSR count). The van der Waals surface area contributed by atoms with Crippen LogP contribution in [0, 0.1) is 22.7 Å². The van der Waals surface area contributed by atoms with Crippen LogP contribution >= 0.6 is 0 Å². The Labute approximate surface area is 139 Å². The minimum Gasteiger partial charge on any atom is -0.505 e. The fourth-order valence-electron chi connectivity index (χ4n) is 5.90. The molecule has 3 nitrogen and oxygen atoms in total. The molecule has 0 amide bonds. The van der Waals surface area contributed by atoms with Crippen molar-refractivity contribution in [3.63, 3.8) is 0 Å². The fraction of sp³-hybridized carbons (Fsp3) is 0.750.